The number of nitrogens with zero attached hydrogens (tertiary/aromatic N) is 1. The van der Waals surface area contributed by atoms with Crippen molar-refractivity contribution in [1.29, 1.82) is 0 Å². The van der Waals surface area contributed by atoms with Gasteiger partial charge in [-0.15, -0.1) is 0 Å². The summed E-state index contributed by atoms with van der Waals surface area (Å²) in [5, 5.41) is 2.81. The minimum absolute atomic E-state index is 0.0709. The van der Waals surface area contributed by atoms with Gasteiger partial charge in [0.15, 0.2) is 5.78 Å². The van der Waals surface area contributed by atoms with E-state index >= 15 is 0 Å². The van der Waals surface area contributed by atoms with Crippen LogP contribution in [-0.2, 0) is 9.59 Å². The Morgan fingerprint density at radius 3 is 2.44 bits per heavy atom. The van der Waals surface area contributed by atoms with Crippen molar-refractivity contribution in [3.8, 4) is 0 Å². The maximum atomic E-state index is 12.8. The SMILES string of the molecule is NC(=O)[C@H]1CCCCN1CC(=O)Nc1ccccc1C(=O)c1ccccc1. The van der Waals surface area contributed by atoms with E-state index in [1.165, 1.54) is 0 Å². The fourth-order valence-corrected chi connectivity index (χ4v) is 3.41. The third-order valence-electron chi connectivity index (χ3n) is 4.77. The van der Waals surface area contributed by atoms with E-state index in [9.17, 15) is 14.4 Å². The molecule has 2 amide bonds. The van der Waals surface area contributed by atoms with Gasteiger partial charge in [-0.25, -0.2) is 0 Å². The van der Waals surface area contributed by atoms with Crippen LogP contribution in [0.25, 0.3) is 0 Å². The quantitative estimate of drug-likeness (QED) is 0.768. The summed E-state index contributed by atoms with van der Waals surface area (Å²) in [4.78, 5) is 38.7. The van der Waals surface area contributed by atoms with Crippen LogP contribution in [0.1, 0.15) is 35.2 Å². The smallest absolute Gasteiger partial charge is 0.238 e. The molecule has 6 heteroatoms. The Kier molecular flexibility index (Phi) is 5.98. The number of rotatable bonds is 6. The lowest BCUT2D eigenvalue weighted by molar-refractivity contribution is -0.126. The van der Waals surface area contributed by atoms with Crippen LogP contribution in [0.3, 0.4) is 0 Å². The molecule has 27 heavy (non-hydrogen) atoms. The highest BCUT2D eigenvalue weighted by Gasteiger charge is 2.28. The lowest BCUT2D eigenvalue weighted by atomic mass is 10.0. The zero-order valence-electron chi connectivity index (χ0n) is 15.1. The van der Waals surface area contributed by atoms with E-state index in [2.05, 4.69) is 5.32 Å². The molecule has 0 aliphatic carbocycles. The average molecular weight is 365 g/mol. The normalized spacial score (nSPS) is 17.3. The summed E-state index contributed by atoms with van der Waals surface area (Å²) in [7, 11) is 0. The van der Waals surface area contributed by atoms with Gasteiger partial charge in [-0.05, 0) is 31.5 Å². The van der Waals surface area contributed by atoms with Crippen LogP contribution < -0.4 is 11.1 Å². The average Bonchev–Trinajstić information content (AvgIpc) is 2.69. The molecule has 1 heterocycles. The van der Waals surface area contributed by atoms with Crippen molar-refractivity contribution in [1.82, 2.24) is 4.90 Å². The number of para-hydroxylation sites is 1. The third kappa shape index (κ3) is 4.60. The second-order valence-corrected chi connectivity index (χ2v) is 6.67. The number of carbonyl (C=O) groups excluding carboxylic acids is 3. The number of amides is 2. The van der Waals surface area contributed by atoms with E-state index in [0.717, 1.165) is 12.8 Å². The van der Waals surface area contributed by atoms with E-state index in [1.54, 1.807) is 48.5 Å². The fraction of sp³-hybridized carbons (Fsp3) is 0.286. The Balaban J connectivity index is 1.73. The van der Waals surface area contributed by atoms with Crippen molar-refractivity contribution in [2.24, 2.45) is 5.73 Å². The number of hydrogen-bond acceptors (Lipinski definition) is 4. The monoisotopic (exact) mass is 365 g/mol. The van der Waals surface area contributed by atoms with E-state index in [-0.39, 0.29) is 18.2 Å². The summed E-state index contributed by atoms with van der Waals surface area (Å²) in [5.41, 5.74) is 6.91. The van der Waals surface area contributed by atoms with Gasteiger partial charge in [0, 0.05) is 11.1 Å². The molecule has 1 saturated heterocycles. The van der Waals surface area contributed by atoms with Crippen molar-refractivity contribution in [2.45, 2.75) is 25.3 Å². The lowest BCUT2D eigenvalue weighted by Gasteiger charge is -2.32. The maximum Gasteiger partial charge on any atom is 0.238 e. The van der Waals surface area contributed by atoms with Crippen LogP contribution in [0.15, 0.2) is 54.6 Å². The molecule has 0 aromatic heterocycles. The molecule has 2 aromatic carbocycles. The number of nitrogens with one attached hydrogen (secondary N) is 1. The highest BCUT2D eigenvalue weighted by molar-refractivity contribution is 6.13. The number of ketones is 1. The van der Waals surface area contributed by atoms with Crippen molar-refractivity contribution < 1.29 is 14.4 Å². The van der Waals surface area contributed by atoms with Gasteiger partial charge in [0.05, 0.1) is 18.3 Å². The zero-order chi connectivity index (χ0) is 19.2. The highest BCUT2D eigenvalue weighted by atomic mass is 16.2. The van der Waals surface area contributed by atoms with E-state index in [4.69, 9.17) is 5.73 Å². The summed E-state index contributed by atoms with van der Waals surface area (Å²) < 4.78 is 0. The van der Waals surface area contributed by atoms with Crippen molar-refractivity contribution >= 4 is 23.3 Å². The van der Waals surface area contributed by atoms with Gasteiger partial charge in [0.2, 0.25) is 11.8 Å². The number of nitrogens with two attached hydrogens (primary N) is 1. The van der Waals surface area contributed by atoms with Crippen LogP contribution >= 0.6 is 0 Å². The number of benzene rings is 2. The number of carbonyl (C=O) groups is 3. The minimum atomic E-state index is -0.411. The first-order valence-electron chi connectivity index (χ1n) is 9.08. The van der Waals surface area contributed by atoms with E-state index < -0.39 is 11.9 Å². The number of anilines is 1. The van der Waals surface area contributed by atoms with Crippen LogP contribution in [0.4, 0.5) is 5.69 Å². The predicted octanol–water partition coefficient (Wildman–Crippen LogP) is 2.20. The first-order chi connectivity index (χ1) is 13.1. The van der Waals surface area contributed by atoms with Crippen LogP contribution in [0, 0.1) is 0 Å². The Morgan fingerprint density at radius 1 is 1.00 bits per heavy atom. The van der Waals surface area contributed by atoms with Crippen molar-refractivity contribution in [3.05, 3.63) is 65.7 Å². The van der Waals surface area contributed by atoms with E-state index in [1.807, 2.05) is 11.0 Å². The molecule has 1 fully saturated rings. The molecular weight excluding hydrogens is 342 g/mol. The van der Waals surface area contributed by atoms with Gasteiger partial charge in [-0.1, -0.05) is 48.9 Å². The van der Waals surface area contributed by atoms with Crippen molar-refractivity contribution in [3.63, 3.8) is 0 Å². The molecule has 1 aliphatic rings. The molecule has 140 valence electrons. The maximum absolute atomic E-state index is 12.8. The fourth-order valence-electron chi connectivity index (χ4n) is 3.41. The molecule has 0 unspecified atom stereocenters. The van der Waals surface area contributed by atoms with E-state index in [0.29, 0.717) is 29.8 Å². The van der Waals surface area contributed by atoms with Gasteiger partial charge in [0.1, 0.15) is 0 Å². The molecule has 2 aromatic rings. The molecule has 3 rings (SSSR count). The molecule has 1 atom stereocenters. The predicted molar refractivity (Wildman–Crippen MR) is 103 cm³/mol. The summed E-state index contributed by atoms with van der Waals surface area (Å²) in [6.07, 6.45) is 2.53. The summed E-state index contributed by atoms with van der Waals surface area (Å²) in [6.45, 7) is 0.729. The minimum Gasteiger partial charge on any atom is -0.368 e. The number of piperidine rings is 1. The standard InChI is InChI=1S/C21H23N3O3/c22-21(27)18-12-6-7-13-24(18)14-19(25)23-17-11-5-4-10-16(17)20(26)15-8-2-1-3-9-15/h1-5,8-11,18H,6-7,12-14H2,(H2,22,27)(H,23,25)/t18-/m1/s1. The largest absolute Gasteiger partial charge is 0.368 e. The van der Waals surface area contributed by atoms with Gasteiger partial charge in [0.25, 0.3) is 0 Å². The van der Waals surface area contributed by atoms with Gasteiger partial charge >= 0.3 is 0 Å². The zero-order valence-corrected chi connectivity index (χ0v) is 15.1. The van der Waals surface area contributed by atoms with Crippen LogP contribution in [0.5, 0.6) is 0 Å². The summed E-state index contributed by atoms with van der Waals surface area (Å²) in [6, 6.07) is 15.4. The van der Waals surface area contributed by atoms with Gasteiger partial charge in [-0.2, -0.15) is 0 Å². The molecule has 0 spiro atoms. The number of hydrogen-bond donors (Lipinski definition) is 2. The Bertz CT molecular complexity index is 836. The Labute approximate surface area is 158 Å². The molecule has 0 saturated carbocycles. The first-order valence-corrected chi connectivity index (χ1v) is 9.08. The topological polar surface area (TPSA) is 92.5 Å². The molecule has 0 radical (unpaired) electrons. The van der Waals surface area contributed by atoms with Crippen LogP contribution in [0.2, 0.25) is 0 Å². The highest BCUT2D eigenvalue weighted by Crippen LogP contribution is 2.20. The van der Waals surface area contributed by atoms with Gasteiger partial charge in [-0.3, -0.25) is 19.3 Å². The van der Waals surface area contributed by atoms with Crippen LogP contribution in [-0.4, -0.2) is 41.6 Å². The first kappa shape index (κ1) is 18.8. The number of likely N-dealkylation sites (tertiary alicyclic amines) is 1. The summed E-state index contributed by atoms with van der Waals surface area (Å²) in [5.74, 6) is -0.821. The van der Waals surface area contributed by atoms with Gasteiger partial charge < -0.3 is 11.1 Å². The van der Waals surface area contributed by atoms with Crippen molar-refractivity contribution in [2.75, 3.05) is 18.4 Å². The molecule has 6 nitrogen and oxygen atoms in total. The Morgan fingerprint density at radius 2 is 1.70 bits per heavy atom. The molecule has 1 aliphatic heterocycles. The Hall–Kier alpha value is -2.99. The third-order valence-corrected chi connectivity index (χ3v) is 4.77. The lowest BCUT2D eigenvalue weighted by Crippen LogP contribution is -2.50. The molecule has 3 N–H and O–H groups in total. The second-order valence-electron chi connectivity index (χ2n) is 6.67. The molecule has 0 bridgehead atoms. The summed E-state index contributed by atoms with van der Waals surface area (Å²) >= 11 is 0. The second kappa shape index (κ2) is 8.60. The molecular formula is C21H23N3O3. The number of primary amides is 1.